The van der Waals surface area contributed by atoms with E-state index in [4.69, 9.17) is 4.74 Å². The number of hydrogen-bond donors (Lipinski definition) is 1. The lowest BCUT2D eigenvalue weighted by atomic mass is 10.0. The summed E-state index contributed by atoms with van der Waals surface area (Å²) in [6, 6.07) is 10.9. The number of morpholine rings is 1. The monoisotopic (exact) mass is 290 g/mol. The molecule has 116 valence electrons. The van der Waals surface area contributed by atoms with E-state index < -0.39 is 0 Å². The summed E-state index contributed by atoms with van der Waals surface area (Å²) in [6.45, 7) is 5.75. The van der Waals surface area contributed by atoms with E-state index in [0.29, 0.717) is 25.7 Å². The average Bonchev–Trinajstić information content (AvgIpc) is 2.55. The number of ether oxygens (including phenoxy) is 1. The molecule has 0 bridgehead atoms. The molecular formula is C17H26N2O2. The second-order valence-corrected chi connectivity index (χ2v) is 5.49. The van der Waals surface area contributed by atoms with Crippen LogP contribution in [0.4, 0.5) is 0 Å². The van der Waals surface area contributed by atoms with Crippen molar-refractivity contribution >= 4 is 5.91 Å². The van der Waals surface area contributed by atoms with Gasteiger partial charge in [-0.05, 0) is 18.4 Å². The van der Waals surface area contributed by atoms with Gasteiger partial charge in [-0.3, -0.25) is 4.79 Å². The molecule has 2 rings (SSSR count). The molecule has 1 heterocycles. The Morgan fingerprint density at radius 3 is 2.67 bits per heavy atom. The highest BCUT2D eigenvalue weighted by atomic mass is 16.5. The van der Waals surface area contributed by atoms with Crippen LogP contribution in [0.25, 0.3) is 0 Å². The summed E-state index contributed by atoms with van der Waals surface area (Å²) >= 11 is 0. The summed E-state index contributed by atoms with van der Waals surface area (Å²) in [7, 11) is 0. The molecule has 1 aromatic carbocycles. The first kappa shape index (κ1) is 16.0. The minimum Gasteiger partial charge on any atom is -0.378 e. The van der Waals surface area contributed by atoms with E-state index in [0.717, 1.165) is 32.5 Å². The number of carbonyl (C=O) groups is 1. The first-order valence-corrected chi connectivity index (χ1v) is 7.92. The summed E-state index contributed by atoms with van der Waals surface area (Å²) < 4.78 is 5.27. The number of benzene rings is 1. The lowest BCUT2D eigenvalue weighted by Gasteiger charge is -2.27. The van der Waals surface area contributed by atoms with Crippen LogP contribution in [0, 0.1) is 0 Å². The van der Waals surface area contributed by atoms with Crippen LogP contribution in [0.5, 0.6) is 0 Å². The number of amides is 1. The second kappa shape index (κ2) is 8.80. The Morgan fingerprint density at radius 2 is 2.00 bits per heavy atom. The average molecular weight is 290 g/mol. The minimum atomic E-state index is 0.236. The Morgan fingerprint density at radius 1 is 1.29 bits per heavy atom. The summed E-state index contributed by atoms with van der Waals surface area (Å²) in [4.78, 5) is 14.0. The van der Waals surface area contributed by atoms with Gasteiger partial charge in [-0.2, -0.15) is 0 Å². The molecule has 0 aliphatic carbocycles. The van der Waals surface area contributed by atoms with Crippen LogP contribution in [-0.2, 0) is 16.0 Å². The first-order valence-electron chi connectivity index (χ1n) is 7.92. The van der Waals surface area contributed by atoms with Crippen LogP contribution >= 0.6 is 0 Å². The summed E-state index contributed by atoms with van der Waals surface area (Å²) in [5.74, 6) is 0.236. The van der Waals surface area contributed by atoms with Gasteiger partial charge in [-0.15, -0.1) is 0 Å². The zero-order valence-electron chi connectivity index (χ0n) is 12.9. The molecule has 1 fully saturated rings. The third-order valence-corrected chi connectivity index (χ3v) is 3.95. The Bertz CT molecular complexity index is 416. The summed E-state index contributed by atoms with van der Waals surface area (Å²) in [6.07, 6.45) is 2.66. The molecule has 1 aliphatic heterocycles. The number of hydrogen-bond acceptors (Lipinski definition) is 3. The quantitative estimate of drug-likeness (QED) is 0.833. The minimum absolute atomic E-state index is 0.236. The van der Waals surface area contributed by atoms with Gasteiger partial charge in [0.1, 0.15) is 0 Å². The number of nitrogens with zero attached hydrogens (tertiary/aromatic N) is 1. The highest BCUT2D eigenvalue weighted by molar-refractivity contribution is 5.76. The van der Waals surface area contributed by atoms with Crippen molar-refractivity contribution in [1.82, 2.24) is 10.2 Å². The van der Waals surface area contributed by atoms with Crippen molar-refractivity contribution in [2.45, 2.75) is 32.2 Å². The highest BCUT2D eigenvalue weighted by Crippen LogP contribution is 2.06. The Kier molecular flexibility index (Phi) is 6.70. The normalized spacial score (nSPS) is 16.7. The fourth-order valence-corrected chi connectivity index (χ4v) is 2.61. The number of nitrogens with one attached hydrogen (secondary N) is 1. The van der Waals surface area contributed by atoms with E-state index in [1.54, 1.807) is 0 Å². The molecule has 0 aromatic heterocycles. The van der Waals surface area contributed by atoms with Gasteiger partial charge in [-0.1, -0.05) is 37.3 Å². The molecule has 0 radical (unpaired) electrons. The topological polar surface area (TPSA) is 41.6 Å². The Balaban J connectivity index is 1.69. The first-order chi connectivity index (χ1) is 10.3. The Labute approximate surface area is 127 Å². The molecule has 0 spiro atoms. The van der Waals surface area contributed by atoms with E-state index >= 15 is 0 Å². The molecule has 4 heteroatoms. The van der Waals surface area contributed by atoms with Crippen molar-refractivity contribution in [2.75, 3.05) is 32.8 Å². The van der Waals surface area contributed by atoms with Crippen molar-refractivity contribution in [3.63, 3.8) is 0 Å². The molecule has 1 aliphatic rings. The van der Waals surface area contributed by atoms with Gasteiger partial charge < -0.3 is 15.0 Å². The zero-order chi connectivity index (χ0) is 14.9. The third kappa shape index (κ3) is 5.48. The molecule has 4 nitrogen and oxygen atoms in total. The standard InChI is InChI=1S/C17H26N2O2/c1-2-16(14-15-6-4-3-5-7-15)18-9-8-17(20)19-10-12-21-13-11-19/h3-7,16,18H,2,8-14H2,1H3. The lowest BCUT2D eigenvalue weighted by molar-refractivity contribution is -0.135. The maximum Gasteiger partial charge on any atom is 0.224 e. The Hall–Kier alpha value is -1.39. The van der Waals surface area contributed by atoms with Crippen LogP contribution in [0.3, 0.4) is 0 Å². The maximum atomic E-state index is 12.1. The SMILES string of the molecule is CCC(Cc1ccccc1)NCCC(=O)N1CCOCC1. The van der Waals surface area contributed by atoms with Gasteiger partial charge in [-0.25, -0.2) is 0 Å². The van der Waals surface area contributed by atoms with Gasteiger partial charge in [0.2, 0.25) is 5.91 Å². The molecule has 1 atom stereocenters. The van der Waals surface area contributed by atoms with Gasteiger partial charge >= 0.3 is 0 Å². The van der Waals surface area contributed by atoms with Gasteiger partial charge in [0.25, 0.3) is 0 Å². The van der Waals surface area contributed by atoms with Crippen LogP contribution in [0.15, 0.2) is 30.3 Å². The van der Waals surface area contributed by atoms with Crippen molar-refractivity contribution in [2.24, 2.45) is 0 Å². The molecule has 1 amide bonds. The molecular weight excluding hydrogens is 264 g/mol. The fraction of sp³-hybridized carbons (Fsp3) is 0.588. The zero-order valence-corrected chi connectivity index (χ0v) is 12.9. The van der Waals surface area contributed by atoms with Crippen molar-refractivity contribution < 1.29 is 9.53 Å². The van der Waals surface area contributed by atoms with Crippen LogP contribution < -0.4 is 5.32 Å². The molecule has 1 aromatic rings. The molecule has 0 saturated carbocycles. The maximum absolute atomic E-state index is 12.1. The van der Waals surface area contributed by atoms with E-state index in [-0.39, 0.29) is 5.91 Å². The molecule has 1 unspecified atom stereocenters. The number of rotatable bonds is 7. The number of carbonyl (C=O) groups excluding carboxylic acids is 1. The second-order valence-electron chi connectivity index (χ2n) is 5.49. The molecule has 1 saturated heterocycles. The molecule has 1 N–H and O–H groups in total. The predicted molar refractivity (Wildman–Crippen MR) is 84.2 cm³/mol. The van der Waals surface area contributed by atoms with E-state index in [1.807, 2.05) is 11.0 Å². The van der Waals surface area contributed by atoms with E-state index in [9.17, 15) is 4.79 Å². The van der Waals surface area contributed by atoms with Gasteiger partial charge in [0, 0.05) is 32.1 Å². The van der Waals surface area contributed by atoms with Crippen molar-refractivity contribution in [3.05, 3.63) is 35.9 Å². The highest BCUT2D eigenvalue weighted by Gasteiger charge is 2.16. The van der Waals surface area contributed by atoms with Crippen molar-refractivity contribution in [3.8, 4) is 0 Å². The van der Waals surface area contributed by atoms with Crippen molar-refractivity contribution in [1.29, 1.82) is 0 Å². The predicted octanol–water partition coefficient (Wildman–Crippen LogP) is 1.85. The summed E-state index contributed by atoms with van der Waals surface area (Å²) in [5.41, 5.74) is 1.34. The smallest absolute Gasteiger partial charge is 0.224 e. The van der Waals surface area contributed by atoms with Gasteiger partial charge in [0.05, 0.1) is 13.2 Å². The van der Waals surface area contributed by atoms with Crippen LogP contribution in [-0.4, -0.2) is 49.7 Å². The van der Waals surface area contributed by atoms with E-state index in [1.165, 1.54) is 5.56 Å². The van der Waals surface area contributed by atoms with Crippen LogP contribution in [0.2, 0.25) is 0 Å². The summed E-state index contributed by atoms with van der Waals surface area (Å²) in [5, 5.41) is 3.51. The van der Waals surface area contributed by atoms with Gasteiger partial charge in [0.15, 0.2) is 0 Å². The van der Waals surface area contributed by atoms with E-state index in [2.05, 4.69) is 36.5 Å². The third-order valence-electron chi connectivity index (χ3n) is 3.95. The largest absolute Gasteiger partial charge is 0.378 e. The lowest BCUT2D eigenvalue weighted by Crippen LogP contribution is -2.42. The van der Waals surface area contributed by atoms with Crippen LogP contribution in [0.1, 0.15) is 25.3 Å². The fourth-order valence-electron chi connectivity index (χ4n) is 2.61. The molecule has 21 heavy (non-hydrogen) atoms.